The number of nitrogens with one attached hydrogen (secondary N) is 1. The SMILES string of the molecule is CCCNC(CC)c1cnn(CCC(F)(F)F)c1. The van der Waals surface area contributed by atoms with Crippen molar-refractivity contribution in [1.29, 1.82) is 0 Å². The topological polar surface area (TPSA) is 29.9 Å². The summed E-state index contributed by atoms with van der Waals surface area (Å²) in [4.78, 5) is 0. The van der Waals surface area contributed by atoms with Gasteiger partial charge in [-0.25, -0.2) is 0 Å². The molecule has 1 heterocycles. The lowest BCUT2D eigenvalue weighted by atomic mass is 10.1. The Morgan fingerprint density at radius 1 is 1.39 bits per heavy atom. The van der Waals surface area contributed by atoms with E-state index in [1.165, 1.54) is 4.68 Å². The molecule has 1 aromatic rings. The van der Waals surface area contributed by atoms with Crippen molar-refractivity contribution in [3.8, 4) is 0 Å². The van der Waals surface area contributed by atoms with E-state index in [-0.39, 0.29) is 12.6 Å². The molecule has 0 radical (unpaired) electrons. The number of rotatable bonds is 7. The molecule has 0 saturated heterocycles. The first-order valence-corrected chi connectivity index (χ1v) is 6.28. The standard InChI is InChI=1S/C12H20F3N3/c1-3-6-16-11(4-2)10-8-17-18(9-10)7-5-12(13,14)15/h8-9,11,16H,3-7H2,1-2H3. The average Bonchev–Trinajstić information content (AvgIpc) is 2.75. The van der Waals surface area contributed by atoms with E-state index >= 15 is 0 Å². The predicted octanol–water partition coefficient (Wildman–Crippen LogP) is 3.29. The molecule has 1 atom stereocenters. The number of aryl methyl sites for hydroxylation is 1. The van der Waals surface area contributed by atoms with Crippen LogP contribution in [0.1, 0.15) is 44.7 Å². The van der Waals surface area contributed by atoms with E-state index in [9.17, 15) is 13.2 Å². The van der Waals surface area contributed by atoms with Crippen LogP contribution in [0.15, 0.2) is 12.4 Å². The largest absolute Gasteiger partial charge is 0.390 e. The summed E-state index contributed by atoms with van der Waals surface area (Å²) < 4.78 is 37.6. The Balaban J connectivity index is 2.55. The number of hydrogen-bond acceptors (Lipinski definition) is 2. The van der Waals surface area contributed by atoms with Crippen molar-refractivity contribution in [2.24, 2.45) is 0 Å². The number of aromatic nitrogens is 2. The second-order valence-electron chi connectivity index (χ2n) is 4.32. The quantitative estimate of drug-likeness (QED) is 0.818. The zero-order valence-corrected chi connectivity index (χ0v) is 10.8. The molecule has 0 fully saturated rings. The molecule has 0 saturated carbocycles. The van der Waals surface area contributed by atoms with Gasteiger partial charge in [0.05, 0.1) is 12.6 Å². The second-order valence-corrected chi connectivity index (χ2v) is 4.32. The van der Waals surface area contributed by atoms with E-state index in [1.807, 2.05) is 6.92 Å². The van der Waals surface area contributed by atoms with Crippen LogP contribution in [0.2, 0.25) is 0 Å². The molecule has 0 aromatic carbocycles. The molecule has 1 aromatic heterocycles. The fourth-order valence-corrected chi connectivity index (χ4v) is 1.74. The third-order valence-electron chi connectivity index (χ3n) is 2.73. The molecule has 0 aliphatic carbocycles. The second kappa shape index (κ2) is 6.78. The highest BCUT2D eigenvalue weighted by Gasteiger charge is 2.26. The van der Waals surface area contributed by atoms with E-state index in [1.54, 1.807) is 12.4 Å². The summed E-state index contributed by atoms with van der Waals surface area (Å²) in [5.74, 6) is 0. The van der Waals surface area contributed by atoms with E-state index in [0.29, 0.717) is 0 Å². The minimum atomic E-state index is -4.13. The van der Waals surface area contributed by atoms with Crippen molar-refractivity contribution in [3.05, 3.63) is 18.0 Å². The summed E-state index contributed by atoms with van der Waals surface area (Å²) in [6.07, 6.45) is 0.295. The summed E-state index contributed by atoms with van der Waals surface area (Å²) >= 11 is 0. The van der Waals surface area contributed by atoms with Gasteiger partial charge in [0.2, 0.25) is 0 Å². The molecule has 0 spiro atoms. The van der Waals surface area contributed by atoms with Gasteiger partial charge in [0.25, 0.3) is 0 Å². The van der Waals surface area contributed by atoms with Gasteiger partial charge in [0, 0.05) is 24.3 Å². The van der Waals surface area contributed by atoms with Crippen LogP contribution < -0.4 is 5.32 Å². The van der Waals surface area contributed by atoms with E-state index < -0.39 is 12.6 Å². The fourth-order valence-electron chi connectivity index (χ4n) is 1.74. The molecule has 1 N–H and O–H groups in total. The summed E-state index contributed by atoms with van der Waals surface area (Å²) in [5.41, 5.74) is 0.952. The van der Waals surface area contributed by atoms with Gasteiger partial charge in [-0.3, -0.25) is 4.68 Å². The Morgan fingerprint density at radius 2 is 2.11 bits per heavy atom. The lowest BCUT2D eigenvalue weighted by Crippen LogP contribution is -2.21. The minimum Gasteiger partial charge on any atom is -0.310 e. The third kappa shape index (κ3) is 5.08. The highest BCUT2D eigenvalue weighted by atomic mass is 19.4. The maximum atomic E-state index is 12.1. The van der Waals surface area contributed by atoms with Crippen molar-refractivity contribution in [2.75, 3.05) is 6.54 Å². The highest BCUT2D eigenvalue weighted by Crippen LogP contribution is 2.21. The van der Waals surface area contributed by atoms with Crippen LogP contribution in [0, 0.1) is 0 Å². The van der Waals surface area contributed by atoms with Crippen molar-refractivity contribution >= 4 is 0 Å². The first kappa shape index (κ1) is 15.0. The van der Waals surface area contributed by atoms with Gasteiger partial charge in [-0.05, 0) is 19.4 Å². The molecule has 0 aliphatic rings. The minimum absolute atomic E-state index is 0.117. The van der Waals surface area contributed by atoms with Crippen LogP contribution in [0.5, 0.6) is 0 Å². The van der Waals surface area contributed by atoms with Crippen molar-refractivity contribution in [1.82, 2.24) is 15.1 Å². The predicted molar refractivity (Wildman–Crippen MR) is 64.2 cm³/mol. The summed E-state index contributed by atoms with van der Waals surface area (Å²) in [6.45, 7) is 4.90. The summed E-state index contributed by atoms with van der Waals surface area (Å²) in [6, 6.07) is 0.171. The summed E-state index contributed by atoms with van der Waals surface area (Å²) in [7, 11) is 0. The van der Waals surface area contributed by atoms with E-state index in [0.717, 1.165) is 24.9 Å². The lowest BCUT2D eigenvalue weighted by molar-refractivity contribution is -0.137. The maximum Gasteiger partial charge on any atom is 0.390 e. The Morgan fingerprint density at radius 3 is 2.67 bits per heavy atom. The van der Waals surface area contributed by atoms with Gasteiger partial charge in [-0.1, -0.05) is 13.8 Å². The number of nitrogens with zero attached hydrogens (tertiary/aromatic N) is 2. The number of alkyl halides is 3. The van der Waals surface area contributed by atoms with Crippen LogP contribution in [-0.4, -0.2) is 22.5 Å². The molecule has 6 heteroatoms. The van der Waals surface area contributed by atoms with Crippen molar-refractivity contribution in [2.45, 2.75) is 51.9 Å². The van der Waals surface area contributed by atoms with E-state index in [4.69, 9.17) is 0 Å². The molecular formula is C12H20F3N3. The molecule has 18 heavy (non-hydrogen) atoms. The highest BCUT2D eigenvalue weighted by molar-refractivity contribution is 5.10. The maximum absolute atomic E-state index is 12.1. The van der Waals surface area contributed by atoms with Crippen LogP contribution in [-0.2, 0) is 6.54 Å². The Hall–Kier alpha value is -1.04. The monoisotopic (exact) mass is 263 g/mol. The fraction of sp³-hybridized carbons (Fsp3) is 0.750. The van der Waals surface area contributed by atoms with Crippen LogP contribution >= 0.6 is 0 Å². The molecule has 0 bridgehead atoms. The third-order valence-corrected chi connectivity index (χ3v) is 2.73. The Kier molecular flexibility index (Phi) is 5.65. The molecular weight excluding hydrogens is 243 g/mol. The molecule has 3 nitrogen and oxygen atoms in total. The molecule has 1 unspecified atom stereocenters. The normalized spacial score (nSPS) is 13.8. The van der Waals surface area contributed by atoms with Gasteiger partial charge in [0.15, 0.2) is 0 Å². The number of hydrogen-bond donors (Lipinski definition) is 1. The van der Waals surface area contributed by atoms with Gasteiger partial charge < -0.3 is 5.32 Å². The zero-order chi connectivity index (χ0) is 13.6. The van der Waals surface area contributed by atoms with Gasteiger partial charge in [-0.2, -0.15) is 18.3 Å². The van der Waals surface area contributed by atoms with Crippen LogP contribution in [0.4, 0.5) is 13.2 Å². The van der Waals surface area contributed by atoms with Gasteiger partial charge in [-0.15, -0.1) is 0 Å². The Bertz CT molecular complexity index is 347. The van der Waals surface area contributed by atoms with Crippen molar-refractivity contribution in [3.63, 3.8) is 0 Å². The molecule has 0 aliphatic heterocycles. The average molecular weight is 263 g/mol. The Labute approximate surface area is 105 Å². The first-order valence-electron chi connectivity index (χ1n) is 6.28. The molecule has 104 valence electrons. The number of halogens is 3. The van der Waals surface area contributed by atoms with Crippen LogP contribution in [0.25, 0.3) is 0 Å². The molecule has 0 amide bonds. The molecule has 1 rings (SSSR count). The summed E-state index contributed by atoms with van der Waals surface area (Å²) in [5, 5.41) is 7.32. The van der Waals surface area contributed by atoms with Gasteiger partial charge in [0.1, 0.15) is 0 Å². The van der Waals surface area contributed by atoms with Crippen molar-refractivity contribution < 1.29 is 13.2 Å². The van der Waals surface area contributed by atoms with Crippen LogP contribution in [0.3, 0.4) is 0 Å². The lowest BCUT2D eigenvalue weighted by Gasteiger charge is -2.14. The smallest absolute Gasteiger partial charge is 0.310 e. The zero-order valence-electron chi connectivity index (χ0n) is 10.8. The first-order chi connectivity index (χ1) is 8.46. The van der Waals surface area contributed by atoms with Gasteiger partial charge >= 0.3 is 6.18 Å². The van der Waals surface area contributed by atoms with E-state index in [2.05, 4.69) is 17.3 Å².